The summed E-state index contributed by atoms with van der Waals surface area (Å²) in [6.45, 7) is 0. The zero-order chi connectivity index (χ0) is 3.58. The second-order valence-electron chi connectivity index (χ2n) is 0.402. The van der Waals surface area contributed by atoms with Crippen LogP contribution in [0.5, 0.6) is 0 Å². The molecule has 5 heteroatoms. The number of halogens is 1. The number of amides is 2. The Bertz CT molecular complexity index is 36.5. The molecule has 0 fully saturated rings. The van der Waals surface area contributed by atoms with Crippen molar-refractivity contribution in [3.8, 4) is 0 Å². The monoisotopic (exact) mass is 179 g/mol. The Morgan fingerprint density at radius 3 is 1.33 bits per heavy atom. The van der Waals surface area contributed by atoms with E-state index in [1.54, 1.807) is 0 Å². The number of hydrogen-bond acceptors (Lipinski definition) is 1. The molecule has 2 amide bonds. The third-order valence-electron chi connectivity index (χ3n) is 0. The summed E-state index contributed by atoms with van der Waals surface area (Å²) in [5.74, 6) is 0. The summed E-state index contributed by atoms with van der Waals surface area (Å²) in [5, 5.41) is 0. The van der Waals surface area contributed by atoms with Gasteiger partial charge in [-0.3, -0.25) is 0 Å². The Hall–Kier alpha value is 1.01. The van der Waals surface area contributed by atoms with E-state index in [-0.39, 0.29) is 54.7 Å². The van der Waals surface area contributed by atoms with Gasteiger partial charge in [-0.05, 0) is 0 Å². The molecule has 32 valence electrons. The summed E-state index contributed by atoms with van der Waals surface area (Å²) >= 11 is 0. The van der Waals surface area contributed by atoms with Gasteiger partial charge in [-0.1, -0.05) is 0 Å². The quantitative estimate of drug-likeness (QED) is 0.363. The van der Waals surface area contributed by atoms with E-state index in [1.165, 1.54) is 0 Å². The maximum absolute atomic E-state index is 9.00. The molecule has 0 aromatic heterocycles. The van der Waals surface area contributed by atoms with Crippen LogP contribution in [0, 0.1) is 0 Å². The van der Waals surface area contributed by atoms with Crippen molar-refractivity contribution in [1.29, 1.82) is 0 Å². The fraction of sp³-hybridized carbons (Fsp3) is 0. The van der Waals surface area contributed by atoms with E-state index in [0.717, 1.165) is 0 Å². The van der Waals surface area contributed by atoms with Crippen molar-refractivity contribution in [3.05, 3.63) is 0 Å². The van der Waals surface area contributed by atoms with Crippen molar-refractivity contribution < 1.29 is 21.8 Å². The van der Waals surface area contributed by atoms with Gasteiger partial charge < -0.3 is 28.4 Å². The number of carbonyl (C=O) groups excluding carboxylic acids is 1. The van der Waals surface area contributed by atoms with Gasteiger partial charge in [0.15, 0.2) is 0 Å². The summed E-state index contributed by atoms with van der Waals surface area (Å²) in [6.07, 6.45) is 0. The van der Waals surface area contributed by atoms with Crippen LogP contribution in [-0.2, 0) is 0 Å². The van der Waals surface area contributed by atoms with Crippen LogP contribution in [0.1, 0.15) is 0 Å². The molecule has 0 spiro atoms. The Morgan fingerprint density at radius 2 is 1.33 bits per heavy atom. The number of hydrogen-bond donors (Lipinski definition) is 2. The largest absolute Gasteiger partial charge is 2.00 e. The second-order valence-corrected chi connectivity index (χ2v) is 0.402. The minimum atomic E-state index is -0.833. The second kappa shape index (κ2) is 9.38. The van der Waals surface area contributed by atoms with E-state index in [4.69, 9.17) is 4.79 Å². The van der Waals surface area contributed by atoms with Gasteiger partial charge in [-0.15, -0.1) is 0 Å². The first-order valence-corrected chi connectivity index (χ1v) is 0.781. The minimum Gasteiger partial charge on any atom is -1.00 e. The molecular weight excluding hydrogens is 176 g/mol. The molecule has 6 heavy (non-hydrogen) atoms. The third-order valence-corrected chi connectivity index (χ3v) is 0. The topological polar surface area (TPSA) is 69.1 Å². The van der Waals surface area contributed by atoms with E-state index in [2.05, 4.69) is 11.5 Å². The SMILES string of the molecule is NC(N)=O.[Br-].[Ca+2]. The summed E-state index contributed by atoms with van der Waals surface area (Å²) in [5.41, 5.74) is 8.50. The van der Waals surface area contributed by atoms with Gasteiger partial charge in [0.05, 0.1) is 0 Å². The maximum Gasteiger partial charge on any atom is 2.00 e. The first-order valence-electron chi connectivity index (χ1n) is 0.781. The van der Waals surface area contributed by atoms with E-state index < -0.39 is 6.03 Å². The van der Waals surface area contributed by atoms with Crippen molar-refractivity contribution in [2.24, 2.45) is 11.5 Å². The number of carbonyl (C=O) groups is 1. The fourth-order valence-corrected chi connectivity index (χ4v) is 0. The number of rotatable bonds is 0. The third kappa shape index (κ3) is 79.0. The minimum absolute atomic E-state index is 0. The summed E-state index contributed by atoms with van der Waals surface area (Å²) in [7, 11) is 0. The maximum atomic E-state index is 9.00. The van der Waals surface area contributed by atoms with Gasteiger partial charge in [0.1, 0.15) is 0 Å². The van der Waals surface area contributed by atoms with Gasteiger partial charge in [0, 0.05) is 0 Å². The molecule has 0 saturated carbocycles. The van der Waals surface area contributed by atoms with Crippen LogP contribution < -0.4 is 28.4 Å². The Labute approximate surface area is 76.2 Å². The Balaban J connectivity index is -0.0000000450. The van der Waals surface area contributed by atoms with Crippen LogP contribution in [0.15, 0.2) is 0 Å². The predicted molar refractivity (Wildman–Crippen MR) is 19.5 cm³/mol. The molecule has 0 bridgehead atoms. The van der Waals surface area contributed by atoms with Crippen LogP contribution in [0.3, 0.4) is 0 Å². The zero-order valence-electron chi connectivity index (χ0n) is 3.15. The van der Waals surface area contributed by atoms with Crippen molar-refractivity contribution >= 4 is 43.8 Å². The number of nitrogens with two attached hydrogens (primary N) is 2. The number of urea groups is 1. The van der Waals surface area contributed by atoms with Crippen molar-refractivity contribution in [1.82, 2.24) is 0 Å². The van der Waals surface area contributed by atoms with Gasteiger partial charge in [-0.25, -0.2) is 4.79 Å². The summed E-state index contributed by atoms with van der Waals surface area (Å²) in [6, 6.07) is -0.833. The van der Waals surface area contributed by atoms with E-state index >= 15 is 0 Å². The number of primary amides is 2. The molecule has 4 N–H and O–H groups in total. The molecule has 0 aliphatic carbocycles. The van der Waals surface area contributed by atoms with Gasteiger partial charge in [0.25, 0.3) is 0 Å². The molecule has 0 saturated heterocycles. The molecule has 0 aliphatic heterocycles. The standard InChI is InChI=1S/CH4N2O.BrH.Ca/c2-1(3)4;;/h(H4,2,3,4);1H;/q;;+2/p-1. The van der Waals surface area contributed by atoms with Crippen molar-refractivity contribution in [3.63, 3.8) is 0 Å². The van der Waals surface area contributed by atoms with Crippen LogP contribution >= 0.6 is 0 Å². The predicted octanol–water partition coefficient (Wildman–Crippen LogP) is -4.35. The molecule has 0 heterocycles. The van der Waals surface area contributed by atoms with E-state index in [1.807, 2.05) is 0 Å². The summed E-state index contributed by atoms with van der Waals surface area (Å²) < 4.78 is 0. The molecule has 0 unspecified atom stereocenters. The average molecular weight is 180 g/mol. The van der Waals surface area contributed by atoms with Gasteiger partial charge in [0.2, 0.25) is 0 Å². The van der Waals surface area contributed by atoms with Gasteiger partial charge >= 0.3 is 43.8 Å². The average Bonchev–Trinajstić information content (AvgIpc) is 0.811. The molecule has 0 aliphatic rings. The molecule has 3 nitrogen and oxygen atoms in total. The van der Waals surface area contributed by atoms with Crippen LogP contribution in [0.2, 0.25) is 0 Å². The molecule has 0 atom stereocenters. The molecular formula is CH4BrCaN2O+. The molecule has 0 radical (unpaired) electrons. The fourth-order valence-electron chi connectivity index (χ4n) is 0. The molecule has 0 aromatic carbocycles. The molecule has 0 rings (SSSR count). The first kappa shape index (κ1) is 15.7. The van der Waals surface area contributed by atoms with Crippen molar-refractivity contribution in [2.75, 3.05) is 0 Å². The van der Waals surface area contributed by atoms with Gasteiger partial charge in [-0.2, -0.15) is 0 Å². The van der Waals surface area contributed by atoms with Crippen LogP contribution in [0.4, 0.5) is 4.79 Å². The molecule has 0 aromatic rings. The van der Waals surface area contributed by atoms with E-state index in [9.17, 15) is 0 Å². The van der Waals surface area contributed by atoms with E-state index in [0.29, 0.717) is 0 Å². The van der Waals surface area contributed by atoms with Crippen LogP contribution in [0.25, 0.3) is 0 Å². The summed E-state index contributed by atoms with van der Waals surface area (Å²) in [4.78, 5) is 9.00. The zero-order valence-corrected chi connectivity index (χ0v) is 6.94. The van der Waals surface area contributed by atoms with Crippen LogP contribution in [-0.4, -0.2) is 43.8 Å². The first-order chi connectivity index (χ1) is 1.73. The normalized spacial score (nSPS) is 4.00. The van der Waals surface area contributed by atoms with Crippen molar-refractivity contribution in [2.45, 2.75) is 0 Å². The Kier molecular flexibility index (Phi) is 24.6. The smallest absolute Gasteiger partial charge is 1.00 e. The Morgan fingerprint density at radius 1 is 1.33 bits per heavy atom.